The van der Waals surface area contributed by atoms with Crippen LogP contribution in [0.25, 0.3) is 0 Å². The summed E-state index contributed by atoms with van der Waals surface area (Å²) in [5.41, 5.74) is 4.62. The van der Waals surface area contributed by atoms with Gasteiger partial charge < -0.3 is 24.3 Å². The van der Waals surface area contributed by atoms with Gasteiger partial charge in [-0.15, -0.1) is 0 Å². The Morgan fingerprint density at radius 1 is 1.04 bits per heavy atom. The first-order valence-electron chi connectivity index (χ1n) is 9.39. The highest BCUT2D eigenvalue weighted by molar-refractivity contribution is 6.01. The van der Waals surface area contributed by atoms with Crippen molar-refractivity contribution in [1.29, 1.82) is 0 Å². The Hall–Kier alpha value is -3.15. The highest BCUT2D eigenvalue weighted by atomic mass is 16.7. The van der Waals surface area contributed by atoms with Gasteiger partial charge >= 0.3 is 0 Å². The molecule has 2 aromatic rings. The number of benzene rings is 2. The summed E-state index contributed by atoms with van der Waals surface area (Å²) in [6, 6.07) is 9.72. The maximum Gasteiger partial charge on any atom is 0.231 e. The summed E-state index contributed by atoms with van der Waals surface area (Å²) >= 11 is 0. The summed E-state index contributed by atoms with van der Waals surface area (Å²) in [5, 5.41) is 3.48. The summed E-state index contributed by atoms with van der Waals surface area (Å²) in [7, 11) is 3.24. The first-order valence-corrected chi connectivity index (χ1v) is 9.39. The summed E-state index contributed by atoms with van der Waals surface area (Å²) in [5.74, 6) is 2.62. The number of methoxy groups -OCH3 is 2. The molecule has 1 unspecified atom stereocenters. The van der Waals surface area contributed by atoms with Gasteiger partial charge in [-0.05, 0) is 30.5 Å². The second-order valence-corrected chi connectivity index (χ2v) is 7.10. The molecule has 0 aromatic heterocycles. The van der Waals surface area contributed by atoms with Crippen LogP contribution in [0.2, 0.25) is 0 Å². The molecule has 0 spiro atoms. The molecule has 0 fully saturated rings. The maximum atomic E-state index is 13.0. The topological polar surface area (TPSA) is 66.0 Å². The van der Waals surface area contributed by atoms with Crippen molar-refractivity contribution in [2.45, 2.75) is 25.2 Å². The van der Waals surface area contributed by atoms with E-state index in [1.807, 2.05) is 30.3 Å². The van der Waals surface area contributed by atoms with Crippen molar-refractivity contribution in [3.05, 3.63) is 52.7 Å². The monoisotopic (exact) mass is 379 g/mol. The van der Waals surface area contributed by atoms with E-state index in [0.717, 1.165) is 40.9 Å². The van der Waals surface area contributed by atoms with Gasteiger partial charge in [-0.1, -0.05) is 12.1 Å². The van der Waals surface area contributed by atoms with E-state index in [-0.39, 0.29) is 18.5 Å². The van der Waals surface area contributed by atoms with E-state index in [1.165, 1.54) is 0 Å². The van der Waals surface area contributed by atoms with Gasteiger partial charge in [-0.3, -0.25) is 4.79 Å². The Labute approximate surface area is 163 Å². The molecule has 1 atom stereocenters. The van der Waals surface area contributed by atoms with Crippen molar-refractivity contribution >= 4 is 11.5 Å². The Bertz CT molecular complexity index is 1010. The van der Waals surface area contributed by atoms with Crippen LogP contribution in [-0.2, 0) is 4.79 Å². The Morgan fingerprint density at radius 2 is 1.86 bits per heavy atom. The minimum Gasteiger partial charge on any atom is -0.493 e. The van der Waals surface area contributed by atoms with E-state index < -0.39 is 0 Å². The van der Waals surface area contributed by atoms with Gasteiger partial charge in [0.15, 0.2) is 28.8 Å². The molecule has 0 amide bonds. The van der Waals surface area contributed by atoms with Crippen LogP contribution in [0, 0.1) is 0 Å². The van der Waals surface area contributed by atoms with Crippen molar-refractivity contribution in [2.24, 2.45) is 0 Å². The van der Waals surface area contributed by atoms with Crippen LogP contribution < -0.4 is 24.3 Å². The number of fused-ring (bicyclic) bond motifs is 2. The van der Waals surface area contributed by atoms with E-state index in [1.54, 1.807) is 14.2 Å². The number of ether oxygens (including phenoxy) is 4. The van der Waals surface area contributed by atoms with Gasteiger partial charge in [-0.25, -0.2) is 0 Å². The van der Waals surface area contributed by atoms with Crippen molar-refractivity contribution < 1.29 is 23.7 Å². The van der Waals surface area contributed by atoms with E-state index in [9.17, 15) is 4.79 Å². The van der Waals surface area contributed by atoms with Gasteiger partial charge in [0.25, 0.3) is 0 Å². The largest absolute Gasteiger partial charge is 0.493 e. The predicted molar refractivity (Wildman–Crippen MR) is 103 cm³/mol. The van der Waals surface area contributed by atoms with Crippen LogP contribution in [0.1, 0.15) is 36.3 Å². The number of anilines is 1. The van der Waals surface area contributed by atoms with E-state index in [4.69, 9.17) is 18.9 Å². The highest BCUT2D eigenvalue weighted by Gasteiger charge is 2.38. The summed E-state index contributed by atoms with van der Waals surface area (Å²) < 4.78 is 22.4. The fraction of sp³-hybridized carbons (Fsp3) is 0.318. The molecule has 1 aliphatic carbocycles. The second kappa shape index (κ2) is 6.48. The number of hydrogen-bond donors (Lipinski definition) is 1. The second-order valence-electron chi connectivity index (χ2n) is 7.10. The first kappa shape index (κ1) is 17.0. The SMILES string of the molecule is COc1cccc(C2C3=C(CCCC3=O)Nc3cc4c(cc32)OCO4)c1OC. The lowest BCUT2D eigenvalue weighted by Gasteiger charge is -2.34. The Balaban J connectivity index is 1.77. The maximum absolute atomic E-state index is 13.0. The molecular formula is C22H21NO5. The number of hydrogen-bond acceptors (Lipinski definition) is 6. The minimum absolute atomic E-state index is 0.173. The summed E-state index contributed by atoms with van der Waals surface area (Å²) in [6.07, 6.45) is 2.26. The number of Topliss-reactive ketones (excluding diaryl/α,β-unsaturated/α-hetero) is 1. The average Bonchev–Trinajstić information content (AvgIpc) is 3.17. The molecule has 0 bridgehead atoms. The number of nitrogens with one attached hydrogen (secondary N) is 1. The zero-order valence-electron chi connectivity index (χ0n) is 15.8. The third-order valence-electron chi connectivity index (χ3n) is 5.63. The zero-order chi connectivity index (χ0) is 19.3. The van der Waals surface area contributed by atoms with Gasteiger partial charge in [0.1, 0.15) is 0 Å². The van der Waals surface area contributed by atoms with Crippen molar-refractivity contribution in [3.63, 3.8) is 0 Å². The van der Waals surface area contributed by atoms with Gasteiger partial charge in [0.05, 0.1) is 14.2 Å². The van der Waals surface area contributed by atoms with Crippen LogP contribution in [0.3, 0.4) is 0 Å². The molecule has 3 aliphatic rings. The quantitative estimate of drug-likeness (QED) is 0.870. The number of para-hydroxylation sites is 1. The van der Waals surface area contributed by atoms with Crippen LogP contribution in [0.4, 0.5) is 5.69 Å². The minimum atomic E-state index is -0.251. The van der Waals surface area contributed by atoms with Gasteiger partial charge in [-0.2, -0.15) is 0 Å². The standard InChI is InChI=1S/C22H21NO5/c1-25-17-8-3-5-12(22(17)26-2)20-13-9-18-19(28-11-27-18)10-15(13)23-14-6-4-7-16(24)21(14)20/h3,5,8-10,20,23H,4,6-7,11H2,1-2H3. The molecule has 6 nitrogen and oxygen atoms in total. The molecule has 1 N–H and O–H groups in total. The molecule has 0 saturated heterocycles. The van der Waals surface area contributed by atoms with Crippen LogP contribution in [0.15, 0.2) is 41.6 Å². The number of ketones is 1. The van der Waals surface area contributed by atoms with Crippen LogP contribution >= 0.6 is 0 Å². The Morgan fingerprint density at radius 3 is 2.64 bits per heavy atom. The predicted octanol–water partition coefficient (Wildman–Crippen LogP) is 4.00. The number of rotatable bonds is 3. The van der Waals surface area contributed by atoms with Gasteiger partial charge in [0.2, 0.25) is 6.79 Å². The third kappa shape index (κ3) is 2.44. The normalized spacial score (nSPS) is 19.6. The van der Waals surface area contributed by atoms with Crippen molar-refractivity contribution in [1.82, 2.24) is 0 Å². The van der Waals surface area contributed by atoms with E-state index in [2.05, 4.69) is 5.32 Å². The van der Waals surface area contributed by atoms with Crippen LogP contribution in [0.5, 0.6) is 23.0 Å². The molecular weight excluding hydrogens is 358 g/mol. The molecule has 2 aliphatic heterocycles. The van der Waals surface area contributed by atoms with Crippen LogP contribution in [-0.4, -0.2) is 26.8 Å². The van der Waals surface area contributed by atoms with E-state index >= 15 is 0 Å². The molecule has 2 aromatic carbocycles. The van der Waals surface area contributed by atoms with Crippen molar-refractivity contribution in [2.75, 3.05) is 26.3 Å². The highest BCUT2D eigenvalue weighted by Crippen LogP contribution is 2.52. The number of carbonyl (C=O) groups excluding carboxylic acids is 1. The molecule has 0 saturated carbocycles. The zero-order valence-corrected chi connectivity index (χ0v) is 15.8. The molecule has 144 valence electrons. The van der Waals surface area contributed by atoms with Gasteiger partial charge in [0, 0.05) is 40.9 Å². The van der Waals surface area contributed by atoms with Crippen molar-refractivity contribution in [3.8, 4) is 23.0 Å². The average molecular weight is 379 g/mol. The molecule has 28 heavy (non-hydrogen) atoms. The molecule has 0 radical (unpaired) electrons. The lowest BCUT2D eigenvalue weighted by molar-refractivity contribution is -0.116. The fourth-order valence-corrected chi connectivity index (χ4v) is 4.41. The third-order valence-corrected chi connectivity index (χ3v) is 5.63. The summed E-state index contributed by atoms with van der Waals surface area (Å²) in [6.45, 7) is 0.206. The number of allylic oxidation sites excluding steroid dienone is 2. The lowest BCUT2D eigenvalue weighted by atomic mass is 9.75. The first-order chi connectivity index (χ1) is 13.7. The molecule has 2 heterocycles. The fourth-order valence-electron chi connectivity index (χ4n) is 4.41. The van der Waals surface area contributed by atoms with E-state index in [0.29, 0.717) is 29.4 Å². The Kier molecular flexibility index (Phi) is 3.93. The smallest absolute Gasteiger partial charge is 0.231 e. The molecule has 5 rings (SSSR count). The lowest BCUT2D eigenvalue weighted by Crippen LogP contribution is -2.27. The summed E-state index contributed by atoms with van der Waals surface area (Å²) in [4.78, 5) is 13.0. The molecule has 6 heteroatoms. The number of carbonyl (C=O) groups is 1.